The van der Waals surface area contributed by atoms with Crippen molar-refractivity contribution in [3.05, 3.63) is 22.8 Å². The van der Waals surface area contributed by atoms with Crippen LogP contribution in [-0.2, 0) is 11.0 Å². The molecule has 4 nitrogen and oxygen atoms in total. The van der Waals surface area contributed by atoms with Gasteiger partial charge in [0.05, 0.1) is 16.5 Å². The minimum atomic E-state index is -4.54. The van der Waals surface area contributed by atoms with Gasteiger partial charge in [0.2, 0.25) is 0 Å². The first kappa shape index (κ1) is 15.8. The number of aromatic nitrogens is 1. The van der Waals surface area contributed by atoms with E-state index in [9.17, 15) is 18.0 Å². The third-order valence-corrected chi connectivity index (χ3v) is 3.48. The van der Waals surface area contributed by atoms with E-state index >= 15 is 0 Å². The van der Waals surface area contributed by atoms with Crippen LogP contribution in [0.3, 0.4) is 0 Å². The second-order valence-electron chi connectivity index (χ2n) is 5.14. The Balaban J connectivity index is 2.39. The smallest absolute Gasteiger partial charge is 0.272 e. The molecule has 0 N–H and O–H groups in total. The fourth-order valence-electron chi connectivity index (χ4n) is 2.24. The van der Waals surface area contributed by atoms with Gasteiger partial charge in [-0.25, -0.2) is 4.98 Å². The lowest BCUT2D eigenvalue weighted by atomic mass is 9.92. The van der Waals surface area contributed by atoms with Crippen molar-refractivity contribution in [2.75, 3.05) is 5.01 Å². The van der Waals surface area contributed by atoms with Crippen LogP contribution in [0.15, 0.2) is 17.4 Å². The molecule has 114 valence electrons. The molecule has 0 saturated carbocycles. The van der Waals surface area contributed by atoms with Gasteiger partial charge in [-0.3, -0.25) is 4.79 Å². The molecule has 2 rings (SSSR count). The molecular weight excluding hydrogens is 307 g/mol. The number of anilines is 1. The summed E-state index contributed by atoms with van der Waals surface area (Å²) >= 11 is 5.83. The molecule has 2 heterocycles. The van der Waals surface area contributed by atoms with Gasteiger partial charge in [-0.2, -0.15) is 23.3 Å². The third-order valence-electron chi connectivity index (χ3n) is 3.20. The molecule has 1 aliphatic rings. The summed E-state index contributed by atoms with van der Waals surface area (Å²) in [5.41, 5.74) is -0.378. The van der Waals surface area contributed by atoms with Crippen LogP contribution in [0, 0.1) is 11.8 Å². The number of nitrogens with zero attached hydrogens (tertiary/aromatic N) is 3. The second-order valence-corrected chi connectivity index (χ2v) is 5.55. The number of hydrogen-bond donors (Lipinski definition) is 0. The van der Waals surface area contributed by atoms with Gasteiger partial charge in [0, 0.05) is 11.9 Å². The third kappa shape index (κ3) is 2.88. The molecule has 21 heavy (non-hydrogen) atoms. The Kier molecular flexibility index (Phi) is 3.97. The maximum Gasteiger partial charge on any atom is 0.417 e. The lowest BCUT2D eigenvalue weighted by Crippen LogP contribution is -2.31. The Morgan fingerprint density at radius 3 is 2.43 bits per heavy atom. The number of halogens is 4. The van der Waals surface area contributed by atoms with Gasteiger partial charge in [-0.05, 0) is 18.9 Å². The summed E-state index contributed by atoms with van der Waals surface area (Å²) in [5.74, 6) is -0.807. The standard InChI is InChI=1S/C13H13ClF3N3O/c1-6(2)10-7(3)19-20(12(10)21)11-9(14)4-8(5-18-11)13(15,16)17/h4-6,10H,1-3H3. The molecule has 0 radical (unpaired) electrons. The summed E-state index contributed by atoms with van der Waals surface area (Å²) in [5, 5.41) is 4.78. The van der Waals surface area contributed by atoms with Crippen LogP contribution in [0.1, 0.15) is 26.3 Å². The summed E-state index contributed by atoms with van der Waals surface area (Å²) in [6.07, 6.45) is -3.90. The highest BCUT2D eigenvalue weighted by molar-refractivity contribution is 6.34. The van der Waals surface area contributed by atoms with Crippen molar-refractivity contribution in [3.63, 3.8) is 0 Å². The predicted molar refractivity (Wildman–Crippen MR) is 73.2 cm³/mol. The Labute approximate surface area is 124 Å². The van der Waals surface area contributed by atoms with Crippen LogP contribution in [-0.4, -0.2) is 16.6 Å². The van der Waals surface area contributed by atoms with E-state index in [2.05, 4.69) is 10.1 Å². The van der Waals surface area contributed by atoms with E-state index in [-0.39, 0.29) is 22.7 Å². The molecule has 1 amide bonds. The zero-order valence-electron chi connectivity index (χ0n) is 11.6. The van der Waals surface area contributed by atoms with Crippen molar-refractivity contribution in [3.8, 4) is 0 Å². The lowest BCUT2D eigenvalue weighted by Gasteiger charge is -2.17. The lowest BCUT2D eigenvalue weighted by molar-refractivity contribution is -0.137. The fraction of sp³-hybridized carbons (Fsp3) is 0.462. The van der Waals surface area contributed by atoms with Gasteiger partial charge in [0.15, 0.2) is 5.82 Å². The molecule has 0 fully saturated rings. The highest BCUT2D eigenvalue weighted by Crippen LogP contribution is 2.35. The van der Waals surface area contributed by atoms with Crippen LogP contribution in [0.4, 0.5) is 19.0 Å². The van der Waals surface area contributed by atoms with E-state index < -0.39 is 17.7 Å². The van der Waals surface area contributed by atoms with Gasteiger partial charge in [-0.15, -0.1) is 0 Å². The summed E-state index contributed by atoms with van der Waals surface area (Å²) in [6, 6.07) is 0.741. The minimum Gasteiger partial charge on any atom is -0.272 e. The summed E-state index contributed by atoms with van der Waals surface area (Å²) in [7, 11) is 0. The second kappa shape index (κ2) is 5.29. The van der Waals surface area contributed by atoms with Crippen LogP contribution >= 0.6 is 11.6 Å². The molecule has 1 aliphatic heterocycles. The number of hydrazone groups is 1. The van der Waals surface area contributed by atoms with Crippen LogP contribution < -0.4 is 5.01 Å². The van der Waals surface area contributed by atoms with Gasteiger partial charge < -0.3 is 0 Å². The van der Waals surface area contributed by atoms with E-state index in [0.29, 0.717) is 11.9 Å². The Bertz CT molecular complexity index is 613. The average Bonchev–Trinajstić information content (AvgIpc) is 2.63. The first-order chi connectivity index (χ1) is 9.62. The average molecular weight is 320 g/mol. The quantitative estimate of drug-likeness (QED) is 0.833. The van der Waals surface area contributed by atoms with Gasteiger partial charge >= 0.3 is 6.18 Å². The number of alkyl halides is 3. The van der Waals surface area contributed by atoms with Crippen molar-refractivity contribution in [1.29, 1.82) is 0 Å². The van der Waals surface area contributed by atoms with Crippen LogP contribution in [0.25, 0.3) is 0 Å². The molecular formula is C13H13ClF3N3O. The number of rotatable bonds is 2. The topological polar surface area (TPSA) is 45.6 Å². The molecule has 1 aromatic rings. The van der Waals surface area contributed by atoms with Gasteiger partial charge in [0.1, 0.15) is 0 Å². The molecule has 1 atom stereocenters. The highest BCUT2D eigenvalue weighted by atomic mass is 35.5. The predicted octanol–water partition coefficient (Wildman–Crippen LogP) is 3.75. The number of pyridine rings is 1. The molecule has 0 aromatic carbocycles. The molecule has 1 unspecified atom stereocenters. The van der Waals surface area contributed by atoms with E-state index in [0.717, 1.165) is 11.1 Å². The van der Waals surface area contributed by atoms with Crippen molar-refractivity contribution in [2.45, 2.75) is 26.9 Å². The maximum absolute atomic E-state index is 12.6. The van der Waals surface area contributed by atoms with E-state index in [1.54, 1.807) is 6.92 Å². The van der Waals surface area contributed by atoms with Gasteiger partial charge in [0.25, 0.3) is 5.91 Å². The monoisotopic (exact) mass is 319 g/mol. The minimum absolute atomic E-state index is 0.0273. The maximum atomic E-state index is 12.6. The normalized spacial score (nSPS) is 19.4. The number of carbonyl (C=O) groups is 1. The van der Waals surface area contributed by atoms with Crippen molar-refractivity contribution >= 4 is 29.0 Å². The highest BCUT2D eigenvalue weighted by Gasteiger charge is 2.38. The number of amides is 1. The summed E-state index contributed by atoms with van der Waals surface area (Å²) in [6.45, 7) is 5.43. The zero-order valence-corrected chi connectivity index (χ0v) is 12.3. The van der Waals surface area contributed by atoms with E-state index in [1.807, 2.05) is 13.8 Å². The SMILES string of the molecule is CC1=NN(c2ncc(C(F)(F)F)cc2Cl)C(=O)C1C(C)C. The fourth-order valence-corrected chi connectivity index (χ4v) is 2.49. The molecule has 0 saturated heterocycles. The van der Waals surface area contributed by atoms with Crippen molar-refractivity contribution < 1.29 is 18.0 Å². The Morgan fingerprint density at radius 2 is 2.00 bits per heavy atom. The molecule has 1 aromatic heterocycles. The largest absolute Gasteiger partial charge is 0.417 e. The van der Waals surface area contributed by atoms with E-state index in [4.69, 9.17) is 11.6 Å². The van der Waals surface area contributed by atoms with Crippen molar-refractivity contribution in [1.82, 2.24) is 4.98 Å². The first-order valence-electron chi connectivity index (χ1n) is 6.24. The molecule has 0 aliphatic carbocycles. The van der Waals surface area contributed by atoms with E-state index in [1.165, 1.54) is 0 Å². The number of hydrogen-bond acceptors (Lipinski definition) is 3. The molecule has 8 heteroatoms. The zero-order chi connectivity index (χ0) is 15.9. The summed E-state index contributed by atoms with van der Waals surface area (Å²) in [4.78, 5) is 15.9. The van der Waals surface area contributed by atoms with Crippen molar-refractivity contribution in [2.24, 2.45) is 16.9 Å². The van der Waals surface area contributed by atoms with Crippen LogP contribution in [0.5, 0.6) is 0 Å². The Hall–Kier alpha value is -1.63. The Morgan fingerprint density at radius 1 is 1.38 bits per heavy atom. The van der Waals surface area contributed by atoms with Crippen LogP contribution in [0.2, 0.25) is 5.02 Å². The molecule has 0 bridgehead atoms. The molecule has 0 spiro atoms. The van der Waals surface area contributed by atoms with Gasteiger partial charge in [-0.1, -0.05) is 25.4 Å². The summed E-state index contributed by atoms with van der Waals surface area (Å²) < 4.78 is 37.7. The first-order valence-corrected chi connectivity index (χ1v) is 6.62. The number of carbonyl (C=O) groups excluding carboxylic acids is 1.